The topological polar surface area (TPSA) is 39.9 Å². The second-order valence-electron chi connectivity index (χ2n) is 2.47. The molecule has 14 heavy (non-hydrogen) atoms. The van der Waals surface area contributed by atoms with Crippen molar-refractivity contribution in [3.63, 3.8) is 0 Å². The molecular weight excluding hydrogens is 222 g/mol. The van der Waals surface area contributed by atoms with Gasteiger partial charge in [0.05, 0.1) is 6.61 Å². The molecule has 0 saturated heterocycles. The van der Waals surface area contributed by atoms with Crippen molar-refractivity contribution in [2.24, 2.45) is 0 Å². The molecule has 78 valence electrons. The van der Waals surface area contributed by atoms with Gasteiger partial charge in [-0.2, -0.15) is 0 Å². The van der Waals surface area contributed by atoms with Crippen molar-refractivity contribution >= 4 is 23.4 Å². The SMILES string of the molecule is COCCn1cnnc1SCC=CCl. The van der Waals surface area contributed by atoms with E-state index in [2.05, 4.69) is 10.2 Å². The molecule has 0 atom stereocenters. The highest BCUT2D eigenvalue weighted by Crippen LogP contribution is 2.14. The summed E-state index contributed by atoms with van der Waals surface area (Å²) in [6, 6.07) is 0. The van der Waals surface area contributed by atoms with Gasteiger partial charge in [-0.3, -0.25) is 0 Å². The molecule has 6 heteroatoms. The number of halogens is 1. The molecule has 0 bridgehead atoms. The first-order valence-electron chi connectivity index (χ1n) is 4.13. The van der Waals surface area contributed by atoms with Gasteiger partial charge in [-0.25, -0.2) is 0 Å². The first-order chi connectivity index (χ1) is 6.88. The van der Waals surface area contributed by atoms with Crippen molar-refractivity contribution in [2.45, 2.75) is 11.7 Å². The fraction of sp³-hybridized carbons (Fsp3) is 0.500. The highest BCUT2D eigenvalue weighted by atomic mass is 35.5. The van der Waals surface area contributed by atoms with E-state index in [0.717, 1.165) is 17.5 Å². The third kappa shape index (κ3) is 3.69. The average molecular weight is 234 g/mol. The van der Waals surface area contributed by atoms with E-state index in [1.54, 1.807) is 25.2 Å². The second-order valence-corrected chi connectivity index (χ2v) is 3.71. The summed E-state index contributed by atoms with van der Waals surface area (Å²) in [5, 5.41) is 8.70. The lowest BCUT2D eigenvalue weighted by Gasteiger charge is -2.03. The maximum absolute atomic E-state index is 5.41. The van der Waals surface area contributed by atoms with Gasteiger partial charge < -0.3 is 9.30 Å². The highest BCUT2D eigenvalue weighted by molar-refractivity contribution is 7.99. The van der Waals surface area contributed by atoms with Crippen LogP contribution in [0.3, 0.4) is 0 Å². The van der Waals surface area contributed by atoms with Crippen molar-refractivity contribution in [3.05, 3.63) is 17.9 Å². The third-order valence-electron chi connectivity index (χ3n) is 1.51. The second kappa shape index (κ2) is 6.86. The van der Waals surface area contributed by atoms with Gasteiger partial charge in [0.2, 0.25) is 0 Å². The zero-order chi connectivity index (χ0) is 10.2. The van der Waals surface area contributed by atoms with Crippen LogP contribution in [0.25, 0.3) is 0 Å². The smallest absolute Gasteiger partial charge is 0.191 e. The van der Waals surface area contributed by atoms with Gasteiger partial charge >= 0.3 is 0 Å². The lowest BCUT2D eigenvalue weighted by atomic mass is 10.7. The molecule has 0 saturated carbocycles. The summed E-state index contributed by atoms with van der Waals surface area (Å²) in [5.74, 6) is 0.801. The van der Waals surface area contributed by atoms with Crippen LogP contribution < -0.4 is 0 Å². The summed E-state index contributed by atoms with van der Waals surface area (Å²) in [6.45, 7) is 1.44. The quantitative estimate of drug-likeness (QED) is 0.703. The Bertz CT molecular complexity index is 290. The molecule has 0 spiro atoms. The number of ether oxygens (including phenoxy) is 1. The fourth-order valence-electron chi connectivity index (χ4n) is 0.858. The molecule has 0 aliphatic heterocycles. The number of rotatable bonds is 6. The average Bonchev–Trinajstić information content (AvgIpc) is 2.63. The maximum Gasteiger partial charge on any atom is 0.191 e. The third-order valence-corrected chi connectivity index (χ3v) is 2.63. The van der Waals surface area contributed by atoms with Crippen LogP contribution in [0.1, 0.15) is 0 Å². The van der Waals surface area contributed by atoms with Gasteiger partial charge in [0, 0.05) is 24.9 Å². The zero-order valence-electron chi connectivity index (χ0n) is 7.89. The standard InChI is InChI=1S/C8H12ClN3OS/c1-13-5-4-12-7-10-11-8(12)14-6-2-3-9/h2-3,7H,4-6H2,1H3. The molecule has 1 heterocycles. The van der Waals surface area contributed by atoms with E-state index in [-0.39, 0.29) is 0 Å². The van der Waals surface area contributed by atoms with Crippen LogP contribution in [-0.4, -0.2) is 34.2 Å². The molecule has 0 unspecified atom stereocenters. The van der Waals surface area contributed by atoms with Crippen molar-refractivity contribution in [1.29, 1.82) is 0 Å². The van der Waals surface area contributed by atoms with E-state index in [9.17, 15) is 0 Å². The maximum atomic E-state index is 5.41. The van der Waals surface area contributed by atoms with Gasteiger partial charge in [0.1, 0.15) is 6.33 Å². The van der Waals surface area contributed by atoms with E-state index in [4.69, 9.17) is 16.3 Å². The normalized spacial score (nSPS) is 11.3. The molecule has 0 aliphatic rings. The Hall–Kier alpha value is -0.520. The lowest BCUT2D eigenvalue weighted by molar-refractivity contribution is 0.184. The van der Waals surface area contributed by atoms with E-state index in [1.807, 2.05) is 10.6 Å². The number of nitrogens with zero attached hydrogens (tertiary/aromatic N) is 3. The summed E-state index contributed by atoms with van der Waals surface area (Å²) in [6.07, 6.45) is 3.56. The van der Waals surface area contributed by atoms with E-state index in [0.29, 0.717) is 6.61 Å². The number of hydrogen-bond acceptors (Lipinski definition) is 4. The molecule has 1 aromatic heterocycles. The predicted octanol–water partition coefficient (Wildman–Crippen LogP) is 1.77. The minimum atomic E-state index is 0.664. The molecule has 4 nitrogen and oxygen atoms in total. The van der Waals surface area contributed by atoms with Gasteiger partial charge in [-0.15, -0.1) is 10.2 Å². The number of methoxy groups -OCH3 is 1. The first kappa shape index (κ1) is 11.6. The Morgan fingerprint density at radius 2 is 2.57 bits per heavy atom. The van der Waals surface area contributed by atoms with Crippen LogP contribution in [0.15, 0.2) is 23.1 Å². The van der Waals surface area contributed by atoms with Crippen LogP contribution in [0.4, 0.5) is 0 Å². The van der Waals surface area contributed by atoms with Crippen LogP contribution in [-0.2, 0) is 11.3 Å². The fourth-order valence-corrected chi connectivity index (χ4v) is 1.80. The molecule has 0 amide bonds. The molecule has 0 radical (unpaired) electrons. The Balaban J connectivity index is 2.45. The highest BCUT2D eigenvalue weighted by Gasteiger charge is 2.02. The number of thioether (sulfide) groups is 1. The summed E-state index contributed by atoms with van der Waals surface area (Å²) < 4.78 is 6.93. The van der Waals surface area contributed by atoms with E-state index in [1.165, 1.54) is 5.54 Å². The minimum Gasteiger partial charge on any atom is -0.383 e. The van der Waals surface area contributed by atoms with Gasteiger partial charge in [-0.1, -0.05) is 29.4 Å². The molecule has 0 aromatic carbocycles. The molecule has 1 rings (SSSR count). The van der Waals surface area contributed by atoms with Gasteiger partial charge in [0.25, 0.3) is 0 Å². The Kier molecular flexibility index (Phi) is 5.66. The zero-order valence-corrected chi connectivity index (χ0v) is 9.46. The Labute approximate surface area is 92.3 Å². The largest absolute Gasteiger partial charge is 0.383 e. The summed E-state index contributed by atoms with van der Waals surface area (Å²) in [4.78, 5) is 0. The first-order valence-corrected chi connectivity index (χ1v) is 5.55. The van der Waals surface area contributed by atoms with Crippen molar-refractivity contribution < 1.29 is 4.74 Å². The molecule has 0 aliphatic carbocycles. The van der Waals surface area contributed by atoms with Gasteiger partial charge in [0.15, 0.2) is 5.16 Å². The van der Waals surface area contributed by atoms with E-state index >= 15 is 0 Å². The molecular formula is C8H12ClN3OS. The summed E-state index contributed by atoms with van der Waals surface area (Å²) in [5.41, 5.74) is 1.50. The lowest BCUT2D eigenvalue weighted by Crippen LogP contribution is -2.04. The number of hydrogen-bond donors (Lipinski definition) is 0. The molecule has 0 N–H and O–H groups in total. The minimum absolute atomic E-state index is 0.664. The van der Waals surface area contributed by atoms with Crippen molar-refractivity contribution in [3.8, 4) is 0 Å². The molecule has 1 aromatic rings. The summed E-state index contributed by atoms with van der Waals surface area (Å²) in [7, 11) is 1.67. The van der Waals surface area contributed by atoms with Crippen LogP contribution >= 0.6 is 23.4 Å². The molecule has 0 fully saturated rings. The van der Waals surface area contributed by atoms with Crippen LogP contribution in [0, 0.1) is 0 Å². The van der Waals surface area contributed by atoms with Crippen LogP contribution in [0.5, 0.6) is 0 Å². The Morgan fingerprint density at radius 1 is 1.71 bits per heavy atom. The van der Waals surface area contributed by atoms with E-state index < -0.39 is 0 Å². The van der Waals surface area contributed by atoms with Crippen LogP contribution in [0.2, 0.25) is 0 Å². The Morgan fingerprint density at radius 3 is 3.29 bits per heavy atom. The number of aromatic nitrogens is 3. The monoisotopic (exact) mass is 233 g/mol. The van der Waals surface area contributed by atoms with Gasteiger partial charge in [-0.05, 0) is 0 Å². The summed E-state index contributed by atoms with van der Waals surface area (Å²) >= 11 is 7.00. The van der Waals surface area contributed by atoms with Crippen molar-refractivity contribution in [2.75, 3.05) is 19.5 Å². The van der Waals surface area contributed by atoms with Crippen molar-refractivity contribution in [1.82, 2.24) is 14.8 Å². The predicted molar refractivity (Wildman–Crippen MR) is 57.6 cm³/mol.